The average molecular weight is 410 g/mol. The smallest absolute Gasteiger partial charge is 0.413 e. The van der Waals surface area contributed by atoms with Crippen molar-refractivity contribution in [2.45, 2.75) is 27.2 Å². The number of amides is 1. The van der Waals surface area contributed by atoms with Gasteiger partial charge in [-0.25, -0.2) is 14.8 Å². The summed E-state index contributed by atoms with van der Waals surface area (Å²) in [5, 5.41) is 6.66. The quantitative estimate of drug-likeness (QED) is 0.424. The molecule has 0 bridgehead atoms. The number of fused-ring (bicyclic) bond motifs is 1. The number of aryl methyl sites for hydroxylation is 2. The predicted octanol–water partition coefficient (Wildman–Crippen LogP) is 3.34. The molecule has 0 unspecified atom stereocenters. The molecule has 3 aromatic rings. The van der Waals surface area contributed by atoms with Gasteiger partial charge in [0.15, 0.2) is 0 Å². The highest BCUT2D eigenvalue weighted by atomic mass is 16.5. The number of hydrogen-bond acceptors (Lipinski definition) is 6. The van der Waals surface area contributed by atoms with Crippen molar-refractivity contribution in [3.63, 3.8) is 0 Å². The maximum Gasteiger partial charge on any atom is 0.413 e. The molecule has 2 heterocycles. The molecule has 0 aliphatic rings. The summed E-state index contributed by atoms with van der Waals surface area (Å²) in [7, 11) is 1.64. The van der Waals surface area contributed by atoms with Crippen LogP contribution in [0.5, 0.6) is 5.75 Å². The molecule has 0 saturated heterocycles. The second-order valence-corrected chi connectivity index (χ2v) is 6.65. The first-order valence-electron chi connectivity index (χ1n) is 9.70. The third kappa shape index (κ3) is 5.47. The lowest BCUT2D eigenvalue weighted by atomic mass is 10.1. The molecule has 0 radical (unpaired) electrons. The van der Waals surface area contributed by atoms with Crippen LogP contribution in [0.2, 0.25) is 0 Å². The van der Waals surface area contributed by atoms with Crippen molar-refractivity contribution in [2.75, 3.05) is 25.6 Å². The van der Waals surface area contributed by atoms with Gasteiger partial charge < -0.3 is 14.5 Å². The van der Waals surface area contributed by atoms with Crippen LogP contribution in [0.15, 0.2) is 35.5 Å². The van der Waals surface area contributed by atoms with Crippen LogP contribution in [0.3, 0.4) is 0 Å². The number of carbonyl (C=O) groups is 1. The summed E-state index contributed by atoms with van der Waals surface area (Å²) < 4.78 is 10.3. The maximum atomic E-state index is 11.9. The van der Waals surface area contributed by atoms with Gasteiger partial charge in [-0.3, -0.25) is 15.6 Å². The molecule has 0 atom stereocenters. The second-order valence-electron chi connectivity index (χ2n) is 6.65. The maximum absolute atomic E-state index is 11.9. The number of H-pyrrole nitrogens is 1. The monoisotopic (exact) mass is 410 g/mol. The number of aromatic amines is 1. The van der Waals surface area contributed by atoms with Crippen molar-refractivity contribution in [3.8, 4) is 5.75 Å². The fraction of sp³-hybridized carbons (Fsp3) is 0.333. The number of ether oxygens (including phenoxy) is 2. The van der Waals surface area contributed by atoms with E-state index >= 15 is 0 Å². The van der Waals surface area contributed by atoms with Crippen LogP contribution in [0.1, 0.15) is 23.9 Å². The summed E-state index contributed by atoms with van der Waals surface area (Å²) in [5.74, 6) is 1.39. The minimum absolute atomic E-state index is 0.232. The van der Waals surface area contributed by atoms with Crippen LogP contribution >= 0.6 is 0 Å². The molecule has 2 aromatic heterocycles. The van der Waals surface area contributed by atoms with Gasteiger partial charge in [0.25, 0.3) is 0 Å². The second kappa shape index (κ2) is 9.73. The zero-order chi connectivity index (χ0) is 21.5. The number of benzene rings is 1. The van der Waals surface area contributed by atoms with Gasteiger partial charge >= 0.3 is 6.09 Å². The Morgan fingerprint density at radius 1 is 1.20 bits per heavy atom. The Morgan fingerprint density at radius 2 is 1.97 bits per heavy atom. The van der Waals surface area contributed by atoms with Crippen LogP contribution < -0.4 is 15.4 Å². The average Bonchev–Trinajstić information content (AvgIpc) is 3.09. The Bertz CT molecular complexity index is 1040. The van der Waals surface area contributed by atoms with E-state index in [0.29, 0.717) is 18.9 Å². The molecule has 30 heavy (non-hydrogen) atoms. The lowest BCUT2D eigenvalue weighted by Crippen LogP contribution is -2.37. The number of methoxy groups -OCH3 is 1. The molecule has 9 nitrogen and oxygen atoms in total. The summed E-state index contributed by atoms with van der Waals surface area (Å²) >= 11 is 0. The van der Waals surface area contributed by atoms with E-state index in [4.69, 9.17) is 9.47 Å². The summed E-state index contributed by atoms with van der Waals surface area (Å²) in [5.41, 5.74) is 3.76. The summed E-state index contributed by atoms with van der Waals surface area (Å²) in [6.07, 6.45) is 2.03. The first-order chi connectivity index (χ1) is 14.5. The number of carbonyl (C=O) groups excluding carboxylic acids is 1. The van der Waals surface area contributed by atoms with Gasteiger partial charge in [-0.05, 0) is 57.0 Å². The van der Waals surface area contributed by atoms with E-state index in [0.717, 1.165) is 33.6 Å². The zero-order valence-electron chi connectivity index (χ0n) is 17.6. The van der Waals surface area contributed by atoms with Gasteiger partial charge in [0, 0.05) is 35.0 Å². The minimum Gasteiger partial charge on any atom is -0.497 e. The largest absolute Gasteiger partial charge is 0.497 e. The van der Waals surface area contributed by atoms with Crippen molar-refractivity contribution in [2.24, 2.45) is 4.99 Å². The molecule has 0 aliphatic carbocycles. The Hall–Kier alpha value is -3.62. The molecule has 0 spiro atoms. The SMILES string of the molecule is CCOC(=O)NC(=NCCc1c[nH]c2ccc(OC)cc12)Nc1nc(C)cc(C)n1. The number of anilines is 1. The van der Waals surface area contributed by atoms with E-state index < -0.39 is 6.09 Å². The summed E-state index contributed by atoms with van der Waals surface area (Å²) in [6, 6.07) is 7.75. The van der Waals surface area contributed by atoms with E-state index in [-0.39, 0.29) is 12.6 Å². The van der Waals surface area contributed by atoms with Crippen molar-refractivity contribution in [3.05, 3.63) is 47.4 Å². The van der Waals surface area contributed by atoms with Gasteiger partial charge in [0.1, 0.15) is 5.75 Å². The standard InChI is InChI=1S/C21H26N6O3/c1-5-30-21(28)27-19(26-20-24-13(2)10-14(3)25-20)22-9-8-15-12-23-18-7-6-16(29-4)11-17(15)18/h6-7,10-12,23H,5,8-9H2,1-4H3,(H2,22,24,25,26,27,28). The summed E-state index contributed by atoms with van der Waals surface area (Å²) in [6.45, 7) is 6.18. The molecule has 0 saturated carbocycles. The highest BCUT2D eigenvalue weighted by molar-refractivity contribution is 6.01. The molecule has 0 fully saturated rings. The van der Waals surface area contributed by atoms with Gasteiger partial charge in [-0.2, -0.15) is 0 Å². The number of aromatic nitrogens is 3. The van der Waals surface area contributed by atoms with Gasteiger partial charge in [-0.1, -0.05) is 0 Å². The third-order valence-corrected chi connectivity index (χ3v) is 4.33. The fourth-order valence-corrected chi connectivity index (χ4v) is 3.04. The summed E-state index contributed by atoms with van der Waals surface area (Å²) in [4.78, 5) is 28.3. The Labute approximate surface area is 174 Å². The lowest BCUT2D eigenvalue weighted by Gasteiger charge is -2.11. The molecular weight excluding hydrogens is 384 g/mol. The predicted molar refractivity (Wildman–Crippen MR) is 116 cm³/mol. The minimum atomic E-state index is -0.593. The third-order valence-electron chi connectivity index (χ3n) is 4.33. The normalized spacial score (nSPS) is 11.4. The van der Waals surface area contributed by atoms with E-state index in [2.05, 4.69) is 30.6 Å². The number of alkyl carbamates (subject to hydrolysis) is 1. The zero-order valence-corrected chi connectivity index (χ0v) is 17.6. The van der Waals surface area contributed by atoms with Crippen molar-refractivity contribution in [1.82, 2.24) is 20.3 Å². The first-order valence-corrected chi connectivity index (χ1v) is 9.70. The molecule has 1 aromatic carbocycles. The van der Waals surface area contributed by atoms with Crippen molar-refractivity contribution < 1.29 is 14.3 Å². The van der Waals surface area contributed by atoms with Crippen LogP contribution in [0.25, 0.3) is 10.9 Å². The fourth-order valence-electron chi connectivity index (χ4n) is 3.04. The molecule has 3 N–H and O–H groups in total. The number of rotatable bonds is 6. The molecule has 1 amide bonds. The van der Waals surface area contributed by atoms with Gasteiger partial charge in [-0.15, -0.1) is 0 Å². The Kier molecular flexibility index (Phi) is 6.84. The van der Waals surface area contributed by atoms with Crippen LogP contribution in [-0.2, 0) is 11.2 Å². The highest BCUT2D eigenvalue weighted by Gasteiger charge is 2.10. The van der Waals surface area contributed by atoms with Crippen LogP contribution in [0, 0.1) is 13.8 Å². The van der Waals surface area contributed by atoms with E-state index in [1.165, 1.54) is 0 Å². The van der Waals surface area contributed by atoms with E-state index in [1.807, 2.05) is 44.3 Å². The molecular formula is C21H26N6O3. The van der Waals surface area contributed by atoms with Crippen LogP contribution in [0.4, 0.5) is 10.7 Å². The number of guanidine groups is 1. The molecule has 3 rings (SSSR count). The van der Waals surface area contributed by atoms with Crippen LogP contribution in [-0.4, -0.2) is 47.3 Å². The topological polar surface area (TPSA) is 114 Å². The number of aliphatic imine (C=N–C) groups is 1. The molecule has 9 heteroatoms. The lowest BCUT2D eigenvalue weighted by molar-refractivity contribution is 0.158. The number of nitrogens with one attached hydrogen (secondary N) is 3. The number of nitrogens with zero attached hydrogens (tertiary/aromatic N) is 3. The van der Waals surface area contributed by atoms with Crippen molar-refractivity contribution >= 4 is 28.9 Å². The Morgan fingerprint density at radius 3 is 2.67 bits per heavy atom. The molecule has 158 valence electrons. The number of hydrogen-bond donors (Lipinski definition) is 3. The van der Waals surface area contributed by atoms with Crippen molar-refractivity contribution in [1.29, 1.82) is 0 Å². The first kappa shape index (κ1) is 21.1. The van der Waals surface area contributed by atoms with E-state index in [1.54, 1.807) is 14.0 Å². The van der Waals surface area contributed by atoms with Gasteiger partial charge in [0.2, 0.25) is 11.9 Å². The Balaban J connectivity index is 1.76. The molecule has 0 aliphatic heterocycles. The van der Waals surface area contributed by atoms with E-state index in [9.17, 15) is 4.79 Å². The highest BCUT2D eigenvalue weighted by Crippen LogP contribution is 2.23. The van der Waals surface area contributed by atoms with Gasteiger partial charge in [0.05, 0.1) is 13.7 Å².